The smallest absolute Gasteiger partial charge is 0.232 e. The van der Waals surface area contributed by atoms with E-state index in [9.17, 15) is 4.79 Å². The molecular formula is C17H14ClNO. The van der Waals surface area contributed by atoms with Crippen molar-refractivity contribution < 1.29 is 4.79 Å². The van der Waals surface area contributed by atoms with Gasteiger partial charge in [-0.1, -0.05) is 48.6 Å². The van der Waals surface area contributed by atoms with Gasteiger partial charge in [-0.3, -0.25) is 9.69 Å². The molecule has 0 aromatic heterocycles. The third-order valence-corrected chi connectivity index (χ3v) is 3.54. The van der Waals surface area contributed by atoms with Crippen molar-refractivity contribution in [1.29, 1.82) is 0 Å². The fourth-order valence-electron chi connectivity index (χ4n) is 2.43. The fraction of sp³-hybridized carbons (Fsp3) is 0.118. The Bertz CT molecular complexity index is 629. The Balaban J connectivity index is 2.20. The van der Waals surface area contributed by atoms with Crippen molar-refractivity contribution in [2.45, 2.75) is 6.42 Å². The number of carbonyl (C=O) groups is 1. The highest BCUT2D eigenvalue weighted by Gasteiger charge is 2.22. The minimum Gasteiger partial charge on any atom is -0.280 e. The predicted octanol–water partition coefficient (Wildman–Crippen LogP) is 4.46. The molecule has 0 saturated carbocycles. The molecule has 0 radical (unpaired) electrons. The minimum absolute atomic E-state index is 0.0172. The number of rotatable bonds is 2. The lowest BCUT2D eigenvalue weighted by Gasteiger charge is -2.24. The summed E-state index contributed by atoms with van der Waals surface area (Å²) in [6, 6.07) is 15.8. The molecule has 20 heavy (non-hydrogen) atoms. The number of fused-ring (bicyclic) bond motifs is 2. The number of halogens is 1. The zero-order chi connectivity index (χ0) is 13.9. The molecule has 2 aromatic rings. The van der Waals surface area contributed by atoms with Gasteiger partial charge in [0.15, 0.2) is 0 Å². The van der Waals surface area contributed by atoms with Crippen LogP contribution in [0, 0.1) is 0 Å². The van der Waals surface area contributed by atoms with Crippen molar-refractivity contribution in [2.24, 2.45) is 0 Å². The van der Waals surface area contributed by atoms with Crippen molar-refractivity contribution >= 4 is 41.0 Å². The van der Waals surface area contributed by atoms with E-state index in [4.69, 9.17) is 11.6 Å². The highest BCUT2D eigenvalue weighted by atomic mass is 35.5. The summed E-state index contributed by atoms with van der Waals surface area (Å²) in [6.07, 6.45) is 4.41. The second kappa shape index (κ2) is 5.51. The Kier molecular flexibility index (Phi) is 3.57. The van der Waals surface area contributed by atoms with Gasteiger partial charge in [-0.2, -0.15) is 0 Å². The third kappa shape index (κ3) is 2.23. The van der Waals surface area contributed by atoms with Crippen LogP contribution in [0.5, 0.6) is 0 Å². The van der Waals surface area contributed by atoms with E-state index in [0.29, 0.717) is 12.3 Å². The van der Waals surface area contributed by atoms with Crippen molar-refractivity contribution in [3.8, 4) is 0 Å². The zero-order valence-corrected chi connectivity index (χ0v) is 11.7. The van der Waals surface area contributed by atoms with Crippen molar-refractivity contribution in [1.82, 2.24) is 0 Å². The van der Waals surface area contributed by atoms with Crippen molar-refractivity contribution in [3.63, 3.8) is 0 Å². The van der Waals surface area contributed by atoms with Crippen LogP contribution in [0.3, 0.4) is 0 Å². The highest BCUT2D eigenvalue weighted by Crippen LogP contribution is 2.36. The van der Waals surface area contributed by atoms with E-state index >= 15 is 0 Å². The molecule has 0 bridgehead atoms. The number of benzene rings is 2. The lowest BCUT2D eigenvalue weighted by atomic mass is 10.1. The zero-order valence-electron chi connectivity index (χ0n) is 10.9. The van der Waals surface area contributed by atoms with Gasteiger partial charge in [-0.25, -0.2) is 0 Å². The average molecular weight is 284 g/mol. The maximum Gasteiger partial charge on any atom is 0.232 e. The molecule has 1 heterocycles. The van der Waals surface area contributed by atoms with Gasteiger partial charge in [0.25, 0.3) is 0 Å². The van der Waals surface area contributed by atoms with Crippen LogP contribution in [0.15, 0.2) is 48.5 Å². The minimum atomic E-state index is 0.0172. The monoisotopic (exact) mass is 283 g/mol. The van der Waals surface area contributed by atoms with Gasteiger partial charge in [-0.15, -0.1) is 11.6 Å². The molecule has 2 nitrogen and oxygen atoms in total. The third-order valence-electron chi connectivity index (χ3n) is 3.36. The van der Waals surface area contributed by atoms with E-state index in [0.717, 1.165) is 22.5 Å². The quantitative estimate of drug-likeness (QED) is 0.745. The summed E-state index contributed by atoms with van der Waals surface area (Å²) in [6.45, 7) is 0. The average Bonchev–Trinajstić information content (AvgIpc) is 2.64. The molecule has 1 aliphatic rings. The van der Waals surface area contributed by atoms with Gasteiger partial charge < -0.3 is 0 Å². The van der Waals surface area contributed by atoms with Crippen LogP contribution in [0.4, 0.5) is 11.4 Å². The molecule has 3 heteroatoms. The molecule has 100 valence electrons. The maximum atomic E-state index is 12.5. The number of para-hydroxylation sites is 2. The molecule has 0 fully saturated rings. The van der Waals surface area contributed by atoms with Crippen LogP contribution >= 0.6 is 11.6 Å². The van der Waals surface area contributed by atoms with E-state index < -0.39 is 0 Å². The molecule has 1 amide bonds. The van der Waals surface area contributed by atoms with E-state index in [1.54, 1.807) is 4.90 Å². The van der Waals surface area contributed by atoms with Crippen LogP contribution in [0.2, 0.25) is 0 Å². The molecular weight excluding hydrogens is 270 g/mol. The molecule has 3 rings (SSSR count). The molecule has 2 aromatic carbocycles. The van der Waals surface area contributed by atoms with Crippen LogP contribution < -0.4 is 4.90 Å². The number of hydrogen-bond acceptors (Lipinski definition) is 1. The Morgan fingerprint density at radius 1 is 0.900 bits per heavy atom. The Labute approximate surface area is 123 Å². The van der Waals surface area contributed by atoms with Gasteiger partial charge in [0.2, 0.25) is 5.91 Å². The Morgan fingerprint density at radius 2 is 1.40 bits per heavy atom. The lowest BCUT2D eigenvalue weighted by Crippen LogP contribution is -2.26. The second-order valence-electron chi connectivity index (χ2n) is 4.62. The summed E-state index contributed by atoms with van der Waals surface area (Å²) in [7, 11) is 0. The number of nitrogens with zero attached hydrogens (tertiary/aromatic N) is 1. The molecule has 0 aliphatic carbocycles. The van der Waals surface area contributed by atoms with Gasteiger partial charge in [0, 0.05) is 12.3 Å². The van der Waals surface area contributed by atoms with E-state index in [1.807, 2.05) is 60.7 Å². The lowest BCUT2D eigenvalue weighted by molar-refractivity contribution is -0.117. The first-order chi connectivity index (χ1) is 9.81. The van der Waals surface area contributed by atoms with Crippen LogP contribution in [0.1, 0.15) is 17.5 Å². The summed E-state index contributed by atoms with van der Waals surface area (Å²) in [5.41, 5.74) is 3.88. The maximum absolute atomic E-state index is 12.5. The first-order valence-electron chi connectivity index (χ1n) is 6.56. The van der Waals surface area contributed by atoms with Crippen LogP contribution in [0.25, 0.3) is 12.2 Å². The van der Waals surface area contributed by atoms with Gasteiger partial charge >= 0.3 is 0 Å². The van der Waals surface area contributed by atoms with Gasteiger partial charge in [0.1, 0.15) is 0 Å². The largest absolute Gasteiger partial charge is 0.280 e. The van der Waals surface area contributed by atoms with E-state index in [-0.39, 0.29) is 5.91 Å². The van der Waals surface area contributed by atoms with Crippen molar-refractivity contribution in [2.75, 3.05) is 10.8 Å². The number of amides is 1. The SMILES string of the molecule is O=C(CCCl)N1c2ccccc2C=Cc2ccccc21. The molecule has 0 unspecified atom stereocenters. The standard InChI is InChI=1S/C17H14ClNO/c18-12-11-17(20)19-15-7-3-1-5-13(15)9-10-14-6-2-4-8-16(14)19/h1-10H,11-12H2. The normalized spacial score (nSPS) is 12.6. The Morgan fingerprint density at radius 3 is 1.90 bits per heavy atom. The van der Waals surface area contributed by atoms with E-state index in [1.165, 1.54) is 0 Å². The topological polar surface area (TPSA) is 20.3 Å². The highest BCUT2D eigenvalue weighted by molar-refractivity contribution is 6.20. The summed E-state index contributed by atoms with van der Waals surface area (Å²) >= 11 is 5.75. The molecule has 0 atom stereocenters. The molecule has 0 saturated heterocycles. The van der Waals surface area contributed by atoms with E-state index in [2.05, 4.69) is 0 Å². The predicted molar refractivity (Wildman–Crippen MR) is 84.3 cm³/mol. The number of anilines is 2. The fourth-order valence-corrected chi connectivity index (χ4v) is 2.60. The first kappa shape index (κ1) is 12.9. The summed E-state index contributed by atoms with van der Waals surface area (Å²) in [5, 5.41) is 0. The van der Waals surface area contributed by atoms with Crippen molar-refractivity contribution in [3.05, 3.63) is 59.7 Å². The van der Waals surface area contributed by atoms with Gasteiger partial charge in [-0.05, 0) is 23.3 Å². The number of alkyl halides is 1. The van der Waals surface area contributed by atoms with Crippen LogP contribution in [-0.2, 0) is 4.79 Å². The summed E-state index contributed by atoms with van der Waals surface area (Å²) in [5.74, 6) is 0.344. The number of carbonyl (C=O) groups excluding carboxylic acids is 1. The van der Waals surface area contributed by atoms with Crippen LogP contribution in [-0.4, -0.2) is 11.8 Å². The molecule has 0 spiro atoms. The summed E-state index contributed by atoms with van der Waals surface area (Å²) in [4.78, 5) is 14.3. The molecule has 1 aliphatic heterocycles. The molecule has 0 N–H and O–H groups in total. The van der Waals surface area contributed by atoms with Gasteiger partial charge in [0.05, 0.1) is 11.4 Å². The first-order valence-corrected chi connectivity index (χ1v) is 7.10. The summed E-state index contributed by atoms with van der Waals surface area (Å²) < 4.78 is 0. The second-order valence-corrected chi connectivity index (χ2v) is 5.00. The number of hydrogen-bond donors (Lipinski definition) is 0. The Hall–Kier alpha value is -2.06.